The minimum Gasteiger partial charge on any atom is -0.451 e. The molecule has 2 heterocycles. The van der Waals surface area contributed by atoms with Crippen LogP contribution in [0.1, 0.15) is 39.8 Å². The van der Waals surface area contributed by atoms with Crippen LogP contribution in [0, 0.1) is 0 Å². The molecule has 1 aromatic carbocycles. The minimum absolute atomic E-state index is 0.0341. The number of benzene rings is 1. The lowest BCUT2D eigenvalue weighted by atomic mass is 10.1. The van der Waals surface area contributed by atoms with Crippen LogP contribution in [0.4, 0.5) is 0 Å². The van der Waals surface area contributed by atoms with Gasteiger partial charge in [0, 0.05) is 24.3 Å². The monoisotopic (exact) mass is 418 g/mol. The molecule has 1 fully saturated rings. The molecule has 29 heavy (non-hydrogen) atoms. The van der Waals surface area contributed by atoms with Crippen LogP contribution >= 0.6 is 0 Å². The summed E-state index contributed by atoms with van der Waals surface area (Å²) in [5, 5.41) is 0. The van der Waals surface area contributed by atoms with Crippen molar-refractivity contribution in [2.75, 3.05) is 18.1 Å². The third kappa shape index (κ3) is 5.32. The number of nitrogens with one attached hydrogen (secondary N) is 1. The zero-order chi connectivity index (χ0) is 21.0. The molecule has 8 nitrogen and oxygen atoms in total. The van der Waals surface area contributed by atoms with Gasteiger partial charge in [0.2, 0.25) is 0 Å². The second-order valence-corrected chi connectivity index (χ2v) is 9.23. The fourth-order valence-corrected chi connectivity index (χ4v) is 4.96. The molecule has 0 saturated carbocycles. The van der Waals surface area contributed by atoms with E-state index in [4.69, 9.17) is 4.74 Å². The number of ketones is 1. The van der Waals surface area contributed by atoms with Gasteiger partial charge < -0.3 is 14.6 Å². The number of Topliss-reactive ketones (excluding diaryl/α,β-unsaturated/α-hetero) is 1. The summed E-state index contributed by atoms with van der Waals surface area (Å²) in [5.74, 6) is -1.50. The number of nitrogens with zero attached hydrogens (tertiary/aromatic N) is 1. The maximum Gasteiger partial charge on any atom is 0.355 e. The van der Waals surface area contributed by atoms with Crippen LogP contribution in [0.2, 0.25) is 0 Å². The Kier molecular flexibility index (Phi) is 6.17. The van der Waals surface area contributed by atoms with Gasteiger partial charge in [0.25, 0.3) is 5.91 Å². The van der Waals surface area contributed by atoms with E-state index in [9.17, 15) is 22.8 Å². The van der Waals surface area contributed by atoms with E-state index in [-0.39, 0.29) is 29.5 Å². The van der Waals surface area contributed by atoms with Crippen molar-refractivity contribution >= 4 is 27.5 Å². The summed E-state index contributed by atoms with van der Waals surface area (Å²) in [6.07, 6.45) is 1.75. The first kappa shape index (κ1) is 20.8. The summed E-state index contributed by atoms with van der Waals surface area (Å²) in [7, 11) is -3.18. The standard InChI is InChI=1S/C20H22N2O6S/c1-14(23)16-9-18(21-10-16)20(25)28-12-19(24)22(11-15-5-3-2-4-6-15)17-7-8-29(26,27)13-17/h2-6,9-10,17,21H,7-8,11-13H2,1H3/t17-/m0/s1. The number of carbonyl (C=O) groups excluding carboxylic acids is 3. The molecule has 0 bridgehead atoms. The van der Waals surface area contributed by atoms with E-state index in [0.717, 1.165) is 5.56 Å². The lowest BCUT2D eigenvalue weighted by Gasteiger charge is -2.28. The van der Waals surface area contributed by atoms with Gasteiger partial charge in [0.05, 0.1) is 11.5 Å². The number of ether oxygens (including phenoxy) is 1. The summed E-state index contributed by atoms with van der Waals surface area (Å²) in [5.41, 5.74) is 1.26. The van der Waals surface area contributed by atoms with E-state index in [2.05, 4.69) is 4.98 Å². The second kappa shape index (κ2) is 8.60. The molecule has 1 aromatic heterocycles. The van der Waals surface area contributed by atoms with Gasteiger partial charge in [-0.3, -0.25) is 9.59 Å². The van der Waals surface area contributed by atoms with E-state index in [1.165, 1.54) is 24.1 Å². The van der Waals surface area contributed by atoms with Crippen LogP contribution in [0.3, 0.4) is 0 Å². The topological polar surface area (TPSA) is 114 Å². The van der Waals surface area contributed by atoms with Crippen molar-refractivity contribution < 1.29 is 27.5 Å². The summed E-state index contributed by atoms with van der Waals surface area (Å²) in [6, 6.07) is 10.1. The highest BCUT2D eigenvalue weighted by molar-refractivity contribution is 7.91. The number of H-pyrrole nitrogens is 1. The zero-order valence-electron chi connectivity index (χ0n) is 16.0. The number of aromatic nitrogens is 1. The molecule has 1 aliphatic rings. The van der Waals surface area contributed by atoms with Crippen molar-refractivity contribution in [1.82, 2.24) is 9.88 Å². The van der Waals surface area contributed by atoms with Crippen LogP contribution in [-0.4, -0.2) is 60.1 Å². The highest BCUT2D eigenvalue weighted by Crippen LogP contribution is 2.20. The molecular formula is C20H22N2O6S. The first-order valence-corrected chi connectivity index (χ1v) is 11.0. The summed E-state index contributed by atoms with van der Waals surface area (Å²) < 4.78 is 28.8. The molecule has 9 heteroatoms. The third-order valence-corrected chi connectivity index (χ3v) is 6.55. The van der Waals surface area contributed by atoms with Crippen LogP contribution < -0.4 is 0 Å². The average molecular weight is 418 g/mol. The zero-order valence-corrected chi connectivity index (χ0v) is 16.8. The van der Waals surface area contributed by atoms with E-state index >= 15 is 0 Å². The van der Waals surface area contributed by atoms with Crippen LogP contribution in [0.15, 0.2) is 42.6 Å². The largest absolute Gasteiger partial charge is 0.451 e. The normalized spacial score (nSPS) is 17.6. The molecule has 1 aliphatic heterocycles. The predicted molar refractivity (Wildman–Crippen MR) is 105 cm³/mol. The molecule has 3 rings (SSSR count). The first-order valence-electron chi connectivity index (χ1n) is 9.15. The van der Waals surface area contributed by atoms with Crippen molar-refractivity contribution in [3.05, 3.63) is 59.4 Å². The number of rotatable bonds is 7. The Bertz CT molecular complexity index is 1010. The Hall–Kier alpha value is -2.94. The molecule has 1 saturated heterocycles. The van der Waals surface area contributed by atoms with Gasteiger partial charge in [-0.2, -0.15) is 0 Å². The quantitative estimate of drug-likeness (QED) is 0.540. The summed E-state index contributed by atoms with van der Waals surface area (Å²) >= 11 is 0. The van der Waals surface area contributed by atoms with Crippen molar-refractivity contribution in [3.8, 4) is 0 Å². The number of esters is 1. The third-order valence-electron chi connectivity index (χ3n) is 4.80. The molecule has 0 spiro atoms. The molecule has 154 valence electrons. The molecule has 1 atom stereocenters. The fraction of sp³-hybridized carbons (Fsp3) is 0.350. The van der Waals surface area contributed by atoms with E-state index in [1.54, 1.807) is 0 Å². The van der Waals surface area contributed by atoms with E-state index in [1.807, 2.05) is 30.3 Å². The van der Waals surface area contributed by atoms with Crippen molar-refractivity contribution in [1.29, 1.82) is 0 Å². The molecule has 0 unspecified atom stereocenters. The maximum absolute atomic E-state index is 12.8. The lowest BCUT2D eigenvalue weighted by molar-refractivity contribution is -0.137. The van der Waals surface area contributed by atoms with Crippen LogP contribution in [0.25, 0.3) is 0 Å². The van der Waals surface area contributed by atoms with Gasteiger partial charge in [-0.05, 0) is 25.0 Å². The summed E-state index contributed by atoms with van der Waals surface area (Å²) in [4.78, 5) is 40.4. The first-order chi connectivity index (χ1) is 13.7. The van der Waals surface area contributed by atoms with Gasteiger partial charge in [0.15, 0.2) is 22.2 Å². The van der Waals surface area contributed by atoms with Gasteiger partial charge in [-0.1, -0.05) is 30.3 Å². The predicted octanol–water partition coefficient (Wildman–Crippen LogP) is 1.59. The smallest absolute Gasteiger partial charge is 0.355 e. The molecular weight excluding hydrogens is 396 g/mol. The Labute approximate surface area is 168 Å². The van der Waals surface area contributed by atoms with E-state index in [0.29, 0.717) is 12.0 Å². The summed E-state index contributed by atoms with van der Waals surface area (Å²) in [6.45, 7) is 1.09. The van der Waals surface area contributed by atoms with Gasteiger partial charge in [-0.15, -0.1) is 0 Å². The number of aromatic amines is 1. The van der Waals surface area contributed by atoms with Crippen molar-refractivity contribution in [2.45, 2.75) is 25.9 Å². The number of amides is 1. The molecule has 1 N–H and O–H groups in total. The number of hydrogen-bond donors (Lipinski definition) is 1. The van der Waals surface area contributed by atoms with Crippen LogP contribution in [-0.2, 0) is 25.9 Å². The molecule has 0 radical (unpaired) electrons. The van der Waals surface area contributed by atoms with Crippen LogP contribution in [0.5, 0.6) is 0 Å². The van der Waals surface area contributed by atoms with Gasteiger partial charge >= 0.3 is 5.97 Å². The highest BCUT2D eigenvalue weighted by atomic mass is 32.2. The maximum atomic E-state index is 12.8. The van der Waals surface area contributed by atoms with Gasteiger partial charge in [0.1, 0.15) is 5.69 Å². The Balaban J connectivity index is 1.68. The molecule has 1 amide bonds. The second-order valence-electron chi connectivity index (χ2n) is 7.00. The van der Waals surface area contributed by atoms with Crippen molar-refractivity contribution in [2.24, 2.45) is 0 Å². The Morgan fingerprint density at radius 2 is 1.93 bits per heavy atom. The van der Waals surface area contributed by atoms with Gasteiger partial charge in [-0.25, -0.2) is 13.2 Å². The van der Waals surface area contributed by atoms with Crippen molar-refractivity contribution in [3.63, 3.8) is 0 Å². The molecule has 0 aliphatic carbocycles. The highest BCUT2D eigenvalue weighted by Gasteiger charge is 2.35. The number of carbonyl (C=O) groups is 3. The Morgan fingerprint density at radius 3 is 2.52 bits per heavy atom. The minimum atomic E-state index is -3.18. The number of sulfone groups is 1. The Morgan fingerprint density at radius 1 is 1.21 bits per heavy atom. The number of hydrogen-bond acceptors (Lipinski definition) is 6. The van der Waals surface area contributed by atoms with E-state index < -0.39 is 34.4 Å². The fourth-order valence-electron chi connectivity index (χ4n) is 3.23. The average Bonchev–Trinajstić information content (AvgIpc) is 3.31. The SMILES string of the molecule is CC(=O)c1c[nH]c(C(=O)OCC(=O)N(Cc2ccccc2)[C@H]2CCS(=O)(=O)C2)c1. The lowest BCUT2D eigenvalue weighted by Crippen LogP contribution is -2.42. The molecule has 2 aromatic rings.